The fourth-order valence-electron chi connectivity index (χ4n) is 3.68. The standard InChI is InChI=1S/C22H26N6O2/c1-2-30-18-7-5-17(6-8-18)9-11-24-21(29)19-4-3-14-28(19)20-10-12-25-22(26-20)27-15-13-23-16-27/h5-8,10,12-13,15-16,19H,2-4,9,11,14H2,1H3,(H,24,29). The van der Waals surface area contributed by atoms with Crippen molar-refractivity contribution in [1.29, 1.82) is 0 Å². The van der Waals surface area contributed by atoms with Crippen molar-refractivity contribution in [2.75, 3.05) is 24.6 Å². The zero-order chi connectivity index (χ0) is 20.8. The average Bonchev–Trinajstić information content (AvgIpc) is 3.48. The molecule has 4 rings (SSSR count). The van der Waals surface area contributed by atoms with E-state index < -0.39 is 0 Å². The van der Waals surface area contributed by atoms with E-state index in [-0.39, 0.29) is 11.9 Å². The summed E-state index contributed by atoms with van der Waals surface area (Å²) in [5.74, 6) is 2.22. The van der Waals surface area contributed by atoms with Gasteiger partial charge in [0, 0.05) is 31.7 Å². The molecular formula is C22H26N6O2. The second-order valence-electron chi connectivity index (χ2n) is 7.15. The Morgan fingerprint density at radius 3 is 2.87 bits per heavy atom. The summed E-state index contributed by atoms with van der Waals surface area (Å²) in [6.45, 7) is 4.03. The van der Waals surface area contributed by atoms with Crippen LogP contribution in [0.1, 0.15) is 25.3 Å². The van der Waals surface area contributed by atoms with Crippen molar-refractivity contribution in [3.8, 4) is 11.7 Å². The molecule has 0 bridgehead atoms. The second kappa shape index (κ2) is 9.39. The maximum atomic E-state index is 12.8. The minimum atomic E-state index is -0.212. The van der Waals surface area contributed by atoms with Gasteiger partial charge in [0.1, 0.15) is 23.9 Å². The molecule has 8 heteroatoms. The Kier molecular flexibility index (Phi) is 6.22. The first kappa shape index (κ1) is 19.9. The highest BCUT2D eigenvalue weighted by Gasteiger charge is 2.31. The fourth-order valence-corrected chi connectivity index (χ4v) is 3.68. The first-order valence-electron chi connectivity index (χ1n) is 10.3. The van der Waals surface area contributed by atoms with E-state index >= 15 is 0 Å². The summed E-state index contributed by atoms with van der Waals surface area (Å²) < 4.78 is 7.22. The quantitative estimate of drug-likeness (QED) is 0.618. The number of carbonyl (C=O) groups is 1. The van der Waals surface area contributed by atoms with Crippen LogP contribution in [0.2, 0.25) is 0 Å². The molecule has 3 heterocycles. The predicted octanol–water partition coefficient (Wildman–Crippen LogP) is 2.39. The van der Waals surface area contributed by atoms with Gasteiger partial charge in [-0.3, -0.25) is 9.36 Å². The van der Waals surface area contributed by atoms with Gasteiger partial charge in [-0.05, 0) is 49.9 Å². The maximum Gasteiger partial charge on any atom is 0.242 e. The summed E-state index contributed by atoms with van der Waals surface area (Å²) in [5.41, 5.74) is 1.17. The SMILES string of the molecule is CCOc1ccc(CCNC(=O)C2CCCN2c2ccnc(-n3ccnc3)n2)cc1. The molecule has 30 heavy (non-hydrogen) atoms. The van der Waals surface area contributed by atoms with Crippen LogP contribution in [0.15, 0.2) is 55.2 Å². The number of ether oxygens (including phenoxy) is 1. The van der Waals surface area contributed by atoms with Crippen molar-refractivity contribution < 1.29 is 9.53 Å². The molecule has 1 unspecified atom stereocenters. The summed E-state index contributed by atoms with van der Waals surface area (Å²) in [6.07, 6.45) is 9.43. The number of hydrogen-bond acceptors (Lipinski definition) is 6. The first-order chi connectivity index (χ1) is 14.7. The Balaban J connectivity index is 1.35. The van der Waals surface area contributed by atoms with Crippen LogP contribution < -0.4 is 15.0 Å². The van der Waals surface area contributed by atoms with Crippen LogP contribution in [0.25, 0.3) is 5.95 Å². The molecule has 3 aromatic rings. The van der Waals surface area contributed by atoms with Gasteiger partial charge < -0.3 is 15.0 Å². The minimum absolute atomic E-state index is 0.0428. The van der Waals surface area contributed by atoms with Gasteiger partial charge in [-0.2, -0.15) is 4.98 Å². The van der Waals surface area contributed by atoms with Gasteiger partial charge in [0.05, 0.1) is 6.61 Å². The zero-order valence-electron chi connectivity index (χ0n) is 17.1. The highest BCUT2D eigenvalue weighted by Crippen LogP contribution is 2.24. The summed E-state index contributed by atoms with van der Waals surface area (Å²) in [4.78, 5) is 27.9. The van der Waals surface area contributed by atoms with Crippen molar-refractivity contribution in [1.82, 2.24) is 24.8 Å². The lowest BCUT2D eigenvalue weighted by Crippen LogP contribution is -2.44. The highest BCUT2D eigenvalue weighted by molar-refractivity contribution is 5.85. The average molecular weight is 406 g/mol. The van der Waals surface area contributed by atoms with Crippen LogP contribution in [0.3, 0.4) is 0 Å². The lowest BCUT2D eigenvalue weighted by Gasteiger charge is -2.25. The molecule has 8 nitrogen and oxygen atoms in total. The molecule has 156 valence electrons. The van der Waals surface area contributed by atoms with Crippen LogP contribution in [0.5, 0.6) is 5.75 Å². The summed E-state index contributed by atoms with van der Waals surface area (Å²) >= 11 is 0. The molecule has 1 saturated heterocycles. The van der Waals surface area contributed by atoms with Crippen molar-refractivity contribution in [2.45, 2.75) is 32.2 Å². The number of rotatable bonds is 8. The second-order valence-corrected chi connectivity index (χ2v) is 7.15. The van der Waals surface area contributed by atoms with E-state index in [0.717, 1.165) is 37.4 Å². The van der Waals surface area contributed by atoms with Crippen LogP contribution >= 0.6 is 0 Å². The van der Waals surface area contributed by atoms with E-state index in [9.17, 15) is 4.79 Å². The largest absolute Gasteiger partial charge is 0.494 e. The molecule has 0 spiro atoms. The fraction of sp³-hybridized carbons (Fsp3) is 0.364. The number of amides is 1. The van der Waals surface area contributed by atoms with E-state index in [1.165, 1.54) is 5.56 Å². The number of imidazole rings is 1. The van der Waals surface area contributed by atoms with Gasteiger partial charge in [0.2, 0.25) is 11.9 Å². The molecule has 0 aliphatic carbocycles. The van der Waals surface area contributed by atoms with Crippen LogP contribution in [0, 0.1) is 0 Å². The smallest absolute Gasteiger partial charge is 0.242 e. The lowest BCUT2D eigenvalue weighted by atomic mass is 10.1. The van der Waals surface area contributed by atoms with Crippen LogP contribution in [-0.4, -0.2) is 51.2 Å². The Bertz CT molecular complexity index is 958. The number of nitrogens with one attached hydrogen (secondary N) is 1. The van der Waals surface area contributed by atoms with Crippen molar-refractivity contribution >= 4 is 11.7 Å². The van der Waals surface area contributed by atoms with E-state index in [4.69, 9.17) is 4.74 Å². The van der Waals surface area contributed by atoms with Crippen molar-refractivity contribution in [2.24, 2.45) is 0 Å². The van der Waals surface area contributed by atoms with E-state index in [2.05, 4.69) is 25.2 Å². The first-order valence-corrected chi connectivity index (χ1v) is 10.3. The number of nitrogens with zero attached hydrogens (tertiary/aromatic N) is 5. The third-order valence-electron chi connectivity index (χ3n) is 5.16. The third kappa shape index (κ3) is 4.59. The molecule has 1 fully saturated rings. The molecule has 1 amide bonds. The summed E-state index contributed by atoms with van der Waals surface area (Å²) in [6, 6.07) is 9.65. The number of benzene rings is 1. The molecule has 1 atom stereocenters. The van der Waals surface area contributed by atoms with Gasteiger partial charge in [0.15, 0.2) is 0 Å². The predicted molar refractivity (Wildman–Crippen MR) is 114 cm³/mol. The number of anilines is 1. The van der Waals surface area contributed by atoms with Gasteiger partial charge >= 0.3 is 0 Å². The summed E-state index contributed by atoms with van der Waals surface area (Å²) in [7, 11) is 0. The Labute approximate surface area is 175 Å². The number of aromatic nitrogens is 4. The van der Waals surface area contributed by atoms with Gasteiger partial charge in [-0.25, -0.2) is 9.97 Å². The van der Waals surface area contributed by atoms with Crippen LogP contribution in [0.4, 0.5) is 5.82 Å². The molecule has 1 N–H and O–H groups in total. The summed E-state index contributed by atoms with van der Waals surface area (Å²) in [5, 5.41) is 3.08. The van der Waals surface area contributed by atoms with Gasteiger partial charge in [-0.1, -0.05) is 12.1 Å². The Morgan fingerprint density at radius 1 is 1.23 bits per heavy atom. The zero-order valence-corrected chi connectivity index (χ0v) is 17.1. The molecule has 1 aliphatic rings. The Hall–Kier alpha value is -3.42. The molecule has 1 aromatic carbocycles. The van der Waals surface area contributed by atoms with Gasteiger partial charge in [-0.15, -0.1) is 0 Å². The van der Waals surface area contributed by atoms with E-state index in [0.29, 0.717) is 19.1 Å². The monoisotopic (exact) mass is 406 g/mol. The topological polar surface area (TPSA) is 85.2 Å². The van der Waals surface area contributed by atoms with E-state index in [1.54, 1.807) is 29.5 Å². The third-order valence-corrected chi connectivity index (χ3v) is 5.16. The maximum absolute atomic E-state index is 12.8. The Morgan fingerprint density at radius 2 is 2.10 bits per heavy atom. The minimum Gasteiger partial charge on any atom is -0.494 e. The molecule has 0 radical (unpaired) electrons. The number of hydrogen-bond donors (Lipinski definition) is 1. The van der Waals surface area contributed by atoms with Crippen molar-refractivity contribution in [3.05, 3.63) is 60.8 Å². The molecule has 2 aromatic heterocycles. The van der Waals surface area contributed by atoms with Gasteiger partial charge in [0.25, 0.3) is 0 Å². The normalized spacial score (nSPS) is 15.9. The van der Waals surface area contributed by atoms with Crippen LogP contribution in [-0.2, 0) is 11.2 Å². The highest BCUT2D eigenvalue weighted by atomic mass is 16.5. The molecule has 1 aliphatic heterocycles. The van der Waals surface area contributed by atoms with Crippen molar-refractivity contribution in [3.63, 3.8) is 0 Å². The molecule has 0 saturated carbocycles. The lowest BCUT2D eigenvalue weighted by molar-refractivity contribution is -0.122. The molecular weight excluding hydrogens is 380 g/mol. The number of carbonyl (C=O) groups excluding carboxylic acids is 1. The van der Waals surface area contributed by atoms with E-state index in [1.807, 2.05) is 37.3 Å².